The third kappa shape index (κ3) is 3.87. The fraction of sp³-hybridized carbons (Fsp3) is 0.333. The summed E-state index contributed by atoms with van der Waals surface area (Å²) in [5, 5.41) is 2.69. The summed E-state index contributed by atoms with van der Waals surface area (Å²) in [6.45, 7) is 0.372. The van der Waals surface area contributed by atoms with Gasteiger partial charge in [-0.1, -0.05) is 46.9 Å². The van der Waals surface area contributed by atoms with Gasteiger partial charge in [-0.05, 0) is 24.1 Å². The van der Waals surface area contributed by atoms with Gasteiger partial charge in [-0.25, -0.2) is 13.6 Å². The molecule has 5 nitrogen and oxygen atoms in total. The van der Waals surface area contributed by atoms with Crippen molar-refractivity contribution in [2.45, 2.75) is 18.1 Å². The van der Waals surface area contributed by atoms with E-state index in [0.29, 0.717) is 16.4 Å². The molecule has 0 aliphatic carbocycles. The Morgan fingerprint density at radius 3 is 2.72 bits per heavy atom. The fourth-order valence-corrected chi connectivity index (χ4v) is 4.81. The molecule has 2 aliphatic rings. The molecule has 2 aromatic rings. The first-order valence-corrected chi connectivity index (χ1v) is 10.7. The summed E-state index contributed by atoms with van der Waals surface area (Å²) in [5.41, 5.74) is 0.582. The van der Waals surface area contributed by atoms with Gasteiger partial charge < -0.3 is 14.8 Å². The highest BCUT2D eigenvalue weighted by atomic mass is 127. The van der Waals surface area contributed by atoms with Crippen LogP contribution < -0.4 is 5.32 Å². The van der Waals surface area contributed by atoms with E-state index < -0.39 is 29.2 Å². The van der Waals surface area contributed by atoms with Crippen molar-refractivity contribution in [3.8, 4) is 0 Å². The second kappa shape index (κ2) is 7.98. The predicted octanol–water partition coefficient (Wildman–Crippen LogP) is 4.30. The van der Waals surface area contributed by atoms with E-state index in [2.05, 4.69) is 27.9 Å². The minimum absolute atomic E-state index is 0.105. The molecule has 8 heteroatoms. The van der Waals surface area contributed by atoms with Crippen LogP contribution in [-0.4, -0.2) is 29.5 Å². The molecule has 2 saturated heterocycles. The number of rotatable bonds is 5. The van der Waals surface area contributed by atoms with Gasteiger partial charge in [0, 0.05) is 27.5 Å². The average molecular weight is 513 g/mol. The number of hydrogen-bond donors (Lipinski definition) is 1. The fourth-order valence-electron chi connectivity index (χ4n) is 3.86. The van der Waals surface area contributed by atoms with Gasteiger partial charge in [0.1, 0.15) is 23.8 Å². The lowest BCUT2D eigenvalue weighted by molar-refractivity contribution is 0.0196. The number of alkyl carbamates (subject to hydrolysis) is 1. The largest absolute Gasteiger partial charge is 0.447 e. The second-order valence-corrected chi connectivity index (χ2v) is 8.01. The first kappa shape index (κ1) is 20.2. The average Bonchev–Trinajstić information content (AvgIpc) is 3.35. The van der Waals surface area contributed by atoms with Crippen LogP contribution in [0.25, 0.3) is 0 Å². The zero-order chi connectivity index (χ0) is 20.6. The number of amides is 1. The Kier molecular flexibility index (Phi) is 5.56. The monoisotopic (exact) mass is 513 g/mol. The molecule has 29 heavy (non-hydrogen) atoms. The van der Waals surface area contributed by atoms with E-state index in [0.717, 1.165) is 11.6 Å². The molecular formula is C21H18F2INO4. The molecular weight excluding hydrogens is 495 g/mol. The summed E-state index contributed by atoms with van der Waals surface area (Å²) >= 11 is 2.10. The number of carbonyl (C=O) groups is 2. The molecule has 0 spiro atoms. The first-order valence-electron chi connectivity index (χ1n) is 9.15. The predicted molar refractivity (Wildman–Crippen MR) is 109 cm³/mol. The standard InChI is InChI=1S/C21H18F2INO4/c22-15-4-5-16(17(23)7-15)21(11-24)8-14(9-29-21)19(26)13-3-1-2-12(6-13)18-10-28-20(27)25-18/h1-7,14,18H,8-11H2,(H,25,27)/t14-,18?,21-/m0/s1. The molecule has 1 amide bonds. The van der Waals surface area contributed by atoms with Crippen molar-refractivity contribution >= 4 is 34.5 Å². The zero-order valence-corrected chi connectivity index (χ0v) is 17.4. The normalized spacial score (nSPS) is 26.2. The highest BCUT2D eigenvalue weighted by Crippen LogP contribution is 2.43. The number of ketones is 1. The van der Waals surface area contributed by atoms with E-state index >= 15 is 0 Å². The Morgan fingerprint density at radius 1 is 1.21 bits per heavy atom. The first-order chi connectivity index (χ1) is 13.9. The molecule has 2 fully saturated rings. The summed E-state index contributed by atoms with van der Waals surface area (Å²) in [6.07, 6.45) is -0.172. The number of nitrogens with one attached hydrogen (secondary N) is 1. The minimum Gasteiger partial charge on any atom is -0.447 e. The zero-order valence-electron chi connectivity index (χ0n) is 15.3. The van der Waals surface area contributed by atoms with Crippen LogP contribution in [0, 0.1) is 17.6 Å². The molecule has 2 heterocycles. The van der Waals surface area contributed by atoms with Gasteiger partial charge in [0.2, 0.25) is 0 Å². The van der Waals surface area contributed by atoms with Gasteiger partial charge in [0.25, 0.3) is 0 Å². The van der Waals surface area contributed by atoms with E-state index in [1.165, 1.54) is 12.1 Å². The van der Waals surface area contributed by atoms with Crippen LogP contribution in [0.15, 0.2) is 42.5 Å². The Hall–Kier alpha value is -2.07. The van der Waals surface area contributed by atoms with Crippen molar-refractivity contribution in [1.82, 2.24) is 5.32 Å². The Morgan fingerprint density at radius 2 is 2.03 bits per heavy atom. The number of carbonyl (C=O) groups excluding carboxylic acids is 2. The van der Waals surface area contributed by atoms with E-state index in [9.17, 15) is 18.4 Å². The lowest BCUT2D eigenvalue weighted by atomic mass is 9.85. The molecule has 2 aromatic carbocycles. The van der Waals surface area contributed by atoms with Gasteiger partial charge in [0.05, 0.1) is 12.6 Å². The number of cyclic esters (lactones) is 1. The number of halogens is 3. The van der Waals surface area contributed by atoms with Gasteiger partial charge in [-0.3, -0.25) is 4.79 Å². The van der Waals surface area contributed by atoms with Crippen LogP contribution in [0.3, 0.4) is 0 Å². The molecule has 3 atom stereocenters. The summed E-state index contributed by atoms with van der Waals surface area (Å²) in [4.78, 5) is 24.4. The van der Waals surface area contributed by atoms with Gasteiger partial charge in [-0.2, -0.15) is 0 Å². The van der Waals surface area contributed by atoms with E-state index in [4.69, 9.17) is 9.47 Å². The van der Waals surface area contributed by atoms with Crippen molar-refractivity contribution in [2.75, 3.05) is 17.6 Å². The summed E-state index contributed by atoms with van der Waals surface area (Å²) in [6, 6.07) is 10.2. The molecule has 1 N–H and O–H groups in total. The van der Waals surface area contributed by atoms with Crippen LogP contribution in [0.2, 0.25) is 0 Å². The Labute approximate surface area is 179 Å². The third-order valence-electron chi connectivity index (χ3n) is 5.39. The highest BCUT2D eigenvalue weighted by Gasteiger charge is 2.45. The third-order valence-corrected chi connectivity index (χ3v) is 6.62. The van der Waals surface area contributed by atoms with Crippen molar-refractivity contribution in [2.24, 2.45) is 5.92 Å². The molecule has 0 bridgehead atoms. The summed E-state index contributed by atoms with van der Waals surface area (Å²) in [5.74, 6) is -1.88. The Balaban J connectivity index is 1.55. The summed E-state index contributed by atoms with van der Waals surface area (Å²) < 4.78 is 39.0. The molecule has 152 valence electrons. The van der Waals surface area contributed by atoms with Gasteiger partial charge >= 0.3 is 6.09 Å². The maximum absolute atomic E-state index is 14.4. The lowest BCUT2D eigenvalue weighted by Crippen LogP contribution is -2.29. The Bertz CT molecular complexity index is 969. The van der Waals surface area contributed by atoms with Crippen LogP contribution in [0.5, 0.6) is 0 Å². The second-order valence-electron chi connectivity index (χ2n) is 7.25. The van der Waals surface area contributed by atoms with Crippen LogP contribution in [0.1, 0.15) is 33.9 Å². The number of benzene rings is 2. The lowest BCUT2D eigenvalue weighted by Gasteiger charge is -2.27. The van der Waals surface area contributed by atoms with Crippen molar-refractivity contribution < 1.29 is 27.8 Å². The van der Waals surface area contributed by atoms with Crippen LogP contribution >= 0.6 is 22.6 Å². The van der Waals surface area contributed by atoms with Gasteiger partial charge in [0.15, 0.2) is 5.78 Å². The van der Waals surface area contributed by atoms with Crippen LogP contribution in [0.4, 0.5) is 13.6 Å². The molecule has 1 unspecified atom stereocenters. The van der Waals surface area contributed by atoms with E-state index in [1.54, 1.807) is 18.2 Å². The highest BCUT2D eigenvalue weighted by molar-refractivity contribution is 14.1. The maximum Gasteiger partial charge on any atom is 0.407 e. The number of ether oxygens (including phenoxy) is 2. The maximum atomic E-state index is 14.4. The molecule has 0 radical (unpaired) electrons. The molecule has 0 aromatic heterocycles. The van der Waals surface area contributed by atoms with Crippen LogP contribution in [-0.2, 0) is 15.1 Å². The molecule has 0 saturated carbocycles. The molecule has 4 rings (SSSR count). The van der Waals surface area contributed by atoms with Crippen molar-refractivity contribution in [3.63, 3.8) is 0 Å². The van der Waals surface area contributed by atoms with Gasteiger partial charge in [-0.15, -0.1) is 0 Å². The summed E-state index contributed by atoms with van der Waals surface area (Å²) in [7, 11) is 0. The minimum atomic E-state index is -0.969. The SMILES string of the molecule is O=C1NC(c2cccc(C(=O)[C@@H]3CO[C@@](CI)(c4ccc(F)cc4F)C3)c2)CO1. The smallest absolute Gasteiger partial charge is 0.407 e. The quantitative estimate of drug-likeness (QED) is 0.368. The molecule has 2 aliphatic heterocycles. The number of Topliss-reactive ketones (excluding diaryl/α,β-unsaturated/α-hetero) is 1. The van der Waals surface area contributed by atoms with Crippen molar-refractivity contribution in [3.05, 3.63) is 70.8 Å². The number of hydrogen-bond acceptors (Lipinski definition) is 4. The van der Waals surface area contributed by atoms with E-state index in [-0.39, 0.29) is 30.6 Å². The van der Waals surface area contributed by atoms with E-state index in [1.807, 2.05) is 6.07 Å². The topological polar surface area (TPSA) is 64.6 Å². The number of alkyl halides is 1. The van der Waals surface area contributed by atoms with Crippen molar-refractivity contribution in [1.29, 1.82) is 0 Å².